The van der Waals surface area contributed by atoms with E-state index in [1.165, 1.54) is 0 Å². The highest BCUT2D eigenvalue weighted by atomic mass is 35.5. The van der Waals surface area contributed by atoms with Crippen LogP contribution >= 0.6 is 11.6 Å². The van der Waals surface area contributed by atoms with Crippen LogP contribution in [-0.4, -0.2) is 12.5 Å². The SMILES string of the molecule is CC(C)CC(=O)NCC(C)(C)c1cccc(Cl)c1. The zero-order valence-electron chi connectivity index (χ0n) is 11.6. The molecular formula is C15H22ClNO. The van der Waals surface area contributed by atoms with Gasteiger partial charge in [0.15, 0.2) is 0 Å². The summed E-state index contributed by atoms with van der Waals surface area (Å²) in [4.78, 5) is 11.7. The Hall–Kier alpha value is -1.02. The van der Waals surface area contributed by atoms with Crippen molar-refractivity contribution in [1.82, 2.24) is 5.32 Å². The Morgan fingerprint density at radius 3 is 2.61 bits per heavy atom. The normalized spacial score (nSPS) is 11.7. The van der Waals surface area contributed by atoms with Gasteiger partial charge in [0.05, 0.1) is 0 Å². The van der Waals surface area contributed by atoms with E-state index < -0.39 is 0 Å². The van der Waals surface area contributed by atoms with Gasteiger partial charge in [0.25, 0.3) is 0 Å². The number of rotatable bonds is 5. The van der Waals surface area contributed by atoms with Gasteiger partial charge in [-0.1, -0.05) is 51.4 Å². The smallest absolute Gasteiger partial charge is 0.220 e. The molecule has 0 spiro atoms. The van der Waals surface area contributed by atoms with Crippen molar-refractivity contribution >= 4 is 17.5 Å². The lowest BCUT2D eigenvalue weighted by molar-refractivity contribution is -0.122. The summed E-state index contributed by atoms with van der Waals surface area (Å²) in [5.74, 6) is 0.499. The minimum absolute atomic E-state index is 0.111. The molecule has 0 atom stereocenters. The van der Waals surface area contributed by atoms with Gasteiger partial charge in [0, 0.05) is 23.4 Å². The first-order chi connectivity index (χ1) is 8.31. The van der Waals surface area contributed by atoms with E-state index in [1.807, 2.05) is 38.1 Å². The number of carbonyl (C=O) groups is 1. The van der Waals surface area contributed by atoms with Gasteiger partial charge in [-0.2, -0.15) is 0 Å². The summed E-state index contributed by atoms with van der Waals surface area (Å²) in [5.41, 5.74) is 1.03. The fourth-order valence-corrected chi connectivity index (χ4v) is 1.96. The number of carbonyl (C=O) groups excluding carboxylic acids is 1. The molecule has 100 valence electrons. The van der Waals surface area contributed by atoms with Gasteiger partial charge in [-0.25, -0.2) is 0 Å². The van der Waals surface area contributed by atoms with E-state index in [1.54, 1.807) is 0 Å². The van der Waals surface area contributed by atoms with Gasteiger partial charge >= 0.3 is 0 Å². The molecule has 0 aliphatic heterocycles. The molecule has 0 saturated heterocycles. The van der Waals surface area contributed by atoms with Crippen LogP contribution < -0.4 is 5.32 Å². The highest BCUT2D eigenvalue weighted by molar-refractivity contribution is 6.30. The average molecular weight is 268 g/mol. The van der Waals surface area contributed by atoms with Crippen molar-refractivity contribution in [1.29, 1.82) is 0 Å². The number of nitrogens with one attached hydrogen (secondary N) is 1. The maximum atomic E-state index is 11.7. The average Bonchev–Trinajstić information content (AvgIpc) is 2.26. The Kier molecular flexibility index (Phi) is 5.21. The number of hydrogen-bond donors (Lipinski definition) is 1. The minimum Gasteiger partial charge on any atom is -0.355 e. The summed E-state index contributed by atoms with van der Waals surface area (Å²) in [6.07, 6.45) is 0.575. The van der Waals surface area contributed by atoms with Crippen LogP contribution in [0.1, 0.15) is 39.7 Å². The maximum absolute atomic E-state index is 11.7. The molecule has 0 aliphatic rings. The molecule has 3 heteroatoms. The Morgan fingerprint density at radius 2 is 2.06 bits per heavy atom. The predicted octanol–water partition coefficient (Wildman–Crippen LogP) is 3.78. The molecule has 1 amide bonds. The van der Waals surface area contributed by atoms with Crippen LogP contribution in [0.2, 0.25) is 5.02 Å². The number of halogens is 1. The van der Waals surface area contributed by atoms with Gasteiger partial charge < -0.3 is 5.32 Å². The van der Waals surface area contributed by atoms with Crippen LogP contribution in [-0.2, 0) is 10.2 Å². The van der Waals surface area contributed by atoms with Crippen LogP contribution in [0.25, 0.3) is 0 Å². The second kappa shape index (κ2) is 6.24. The molecule has 0 fully saturated rings. The quantitative estimate of drug-likeness (QED) is 0.864. The minimum atomic E-state index is -0.114. The van der Waals surface area contributed by atoms with Crippen molar-refractivity contribution in [3.05, 3.63) is 34.9 Å². The molecule has 0 bridgehead atoms. The lowest BCUT2D eigenvalue weighted by Crippen LogP contribution is -2.37. The van der Waals surface area contributed by atoms with Crippen molar-refractivity contribution < 1.29 is 4.79 Å². The molecule has 1 N–H and O–H groups in total. The number of hydrogen-bond acceptors (Lipinski definition) is 1. The molecule has 0 heterocycles. The Morgan fingerprint density at radius 1 is 1.39 bits per heavy atom. The fourth-order valence-electron chi connectivity index (χ4n) is 1.77. The van der Waals surface area contributed by atoms with Crippen molar-refractivity contribution in [2.75, 3.05) is 6.54 Å². The zero-order chi connectivity index (χ0) is 13.8. The summed E-state index contributed by atoms with van der Waals surface area (Å²) < 4.78 is 0. The molecule has 1 aromatic rings. The molecule has 1 aromatic carbocycles. The van der Waals surface area contributed by atoms with Gasteiger partial charge in [-0.3, -0.25) is 4.79 Å². The summed E-state index contributed by atoms with van der Waals surface area (Å²) in [6.45, 7) is 8.92. The van der Waals surface area contributed by atoms with Crippen LogP contribution in [0, 0.1) is 5.92 Å². The third kappa shape index (κ3) is 4.69. The van der Waals surface area contributed by atoms with Gasteiger partial charge in [0.1, 0.15) is 0 Å². The first-order valence-electron chi connectivity index (χ1n) is 6.34. The van der Waals surface area contributed by atoms with Crippen molar-refractivity contribution in [3.63, 3.8) is 0 Å². The lowest BCUT2D eigenvalue weighted by Gasteiger charge is -2.26. The predicted molar refractivity (Wildman–Crippen MR) is 76.9 cm³/mol. The second-order valence-electron chi connectivity index (χ2n) is 5.77. The van der Waals surface area contributed by atoms with E-state index in [9.17, 15) is 4.79 Å². The highest BCUT2D eigenvalue weighted by Crippen LogP contribution is 2.24. The molecule has 0 aromatic heterocycles. The summed E-state index contributed by atoms with van der Waals surface area (Å²) in [7, 11) is 0. The number of benzene rings is 1. The standard InChI is InChI=1S/C15H22ClNO/c1-11(2)8-14(18)17-10-15(3,4)12-6-5-7-13(16)9-12/h5-7,9,11H,8,10H2,1-4H3,(H,17,18). The van der Waals surface area contributed by atoms with Crippen LogP contribution in [0.15, 0.2) is 24.3 Å². The first-order valence-corrected chi connectivity index (χ1v) is 6.72. The van der Waals surface area contributed by atoms with Crippen molar-refractivity contribution in [2.45, 2.75) is 39.5 Å². The molecule has 18 heavy (non-hydrogen) atoms. The van der Waals surface area contributed by atoms with E-state index in [0.717, 1.165) is 10.6 Å². The first kappa shape index (κ1) is 15.0. The third-order valence-corrected chi connectivity index (χ3v) is 3.16. The zero-order valence-corrected chi connectivity index (χ0v) is 12.3. The van der Waals surface area contributed by atoms with Crippen molar-refractivity contribution in [2.24, 2.45) is 5.92 Å². The van der Waals surface area contributed by atoms with Gasteiger partial charge in [0.2, 0.25) is 5.91 Å². The van der Waals surface area contributed by atoms with Gasteiger partial charge in [-0.05, 0) is 23.6 Å². The van der Waals surface area contributed by atoms with Crippen LogP contribution in [0.5, 0.6) is 0 Å². The monoisotopic (exact) mass is 267 g/mol. The summed E-state index contributed by atoms with van der Waals surface area (Å²) in [6, 6.07) is 7.80. The van der Waals surface area contributed by atoms with Crippen LogP contribution in [0.3, 0.4) is 0 Å². The fraction of sp³-hybridized carbons (Fsp3) is 0.533. The molecule has 2 nitrogen and oxygen atoms in total. The maximum Gasteiger partial charge on any atom is 0.220 e. The Labute approximate surface area is 115 Å². The molecule has 0 saturated carbocycles. The molecule has 0 radical (unpaired) electrons. The topological polar surface area (TPSA) is 29.1 Å². The largest absolute Gasteiger partial charge is 0.355 e. The molecule has 0 unspecified atom stereocenters. The van der Waals surface area contributed by atoms with Crippen molar-refractivity contribution in [3.8, 4) is 0 Å². The Balaban J connectivity index is 2.62. The van der Waals surface area contributed by atoms with E-state index in [2.05, 4.69) is 19.2 Å². The van der Waals surface area contributed by atoms with Gasteiger partial charge in [-0.15, -0.1) is 0 Å². The molecular weight excluding hydrogens is 246 g/mol. The van der Waals surface area contributed by atoms with E-state index >= 15 is 0 Å². The molecule has 0 aliphatic carbocycles. The second-order valence-corrected chi connectivity index (χ2v) is 6.21. The Bertz CT molecular complexity index is 413. The number of amides is 1. The third-order valence-electron chi connectivity index (χ3n) is 2.93. The lowest BCUT2D eigenvalue weighted by atomic mass is 9.84. The molecule has 1 rings (SSSR count). The van der Waals surface area contributed by atoms with E-state index in [-0.39, 0.29) is 11.3 Å². The van der Waals surface area contributed by atoms with E-state index in [4.69, 9.17) is 11.6 Å². The van der Waals surface area contributed by atoms with Crippen LogP contribution in [0.4, 0.5) is 0 Å². The summed E-state index contributed by atoms with van der Waals surface area (Å²) in [5, 5.41) is 3.72. The summed E-state index contributed by atoms with van der Waals surface area (Å²) >= 11 is 6.00. The van der Waals surface area contributed by atoms with E-state index in [0.29, 0.717) is 18.9 Å². The highest BCUT2D eigenvalue weighted by Gasteiger charge is 2.21.